The molecule has 0 fully saturated rings. The van der Waals surface area contributed by atoms with Gasteiger partial charge < -0.3 is 0 Å². The van der Waals surface area contributed by atoms with Crippen LogP contribution < -0.4 is 0 Å². The number of unbranched alkanes of at least 4 members (excludes halogenated alkanes) is 3. The Hall–Kier alpha value is -3.06. The first-order valence-electron chi connectivity index (χ1n) is 10.4. The quantitative estimate of drug-likeness (QED) is 0.308. The van der Waals surface area contributed by atoms with Gasteiger partial charge in [-0.05, 0) is 76.9 Å². The standard InChI is InChI=1S/C26H22F3N/c1-2-3-4-5-6-16-7-8-20-17(9-16)10-18-11-22(26(29)14-21(18)20)19-12-24(27)23(15-30)25(28)13-19/h7-9,11-14H,2-6,10H2,1H3. The molecule has 0 heterocycles. The Labute approximate surface area is 174 Å². The van der Waals surface area contributed by atoms with Crippen molar-refractivity contribution in [3.05, 3.63) is 82.2 Å². The van der Waals surface area contributed by atoms with Crippen LogP contribution in [-0.4, -0.2) is 0 Å². The van der Waals surface area contributed by atoms with Gasteiger partial charge in [0.15, 0.2) is 0 Å². The maximum Gasteiger partial charge on any atom is 0.144 e. The van der Waals surface area contributed by atoms with Crippen LogP contribution in [0.2, 0.25) is 0 Å². The molecule has 0 atom stereocenters. The van der Waals surface area contributed by atoms with Crippen LogP contribution in [0.25, 0.3) is 22.3 Å². The third-order valence-corrected chi connectivity index (χ3v) is 5.82. The summed E-state index contributed by atoms with van der Waals surface area (Å²) in [6.07, 6.45) is 6.54. The summed E-state index contributed by atoms with van der Waals surface area (Å²) in [7, 11) is 0. The van der Waals surface area contributed by atoms with Gasteiger partial charge in [-0.15, -0.1) is 0 Å². The van der Waals surface area contributed by atoms with Gasteiger partial charge in [0.25, 0.3) is 0 Å². The summed E-state index contributed by atoms with van der Waals surface area (Å²) in [4.78, 5) is 0. The maximum absolute atomic E-state index is 14.9. The Morgan fingerprint density at radius 3 is 2.23 bits per heavy atom. The number of benzene rings is 3. The molecule has 1 aliphatic carbocycles. The average molecular weight is 405 g/mol. The molecule has 30 heavy (non-hydrogen) atoms. The van der Waals surface area contributed by atoms with Crippen molar-refractivity contribution >= 4 is 0 Å². The molecule has 4 heteroatoms. The molecule has 0 bridgehead atoms. The molecule has 3 aromatic rings. The van der Waals surface area contributed by atoms with E-state index in [1.807, 2.05) is 0 Å². The second kappa shape index (κ2) is 8.36. The molecule has 0 N–H and O–H groups in total. The van der Waals surface area contributed by atoms with Crippen molar-refractivity contribution in [2.75, 3.05) is 0 Å². The molecular weight excluding hydrogens is 383 g/mol. The van der Waals surface area contributed by atoms with E-state index in [1.165, 1.54) is 37.0 Å². The summed E-state index contributed by atoms with van der Waals surface area (Å²) in [6, 6.07) is 13.0. The van der Waals surface area contributed by atoms with Gasteiger partial charge in [0, 0.05) is 5.56 Å². The van der Waals surface area contributed by atoms with Crippen molar-refractivity contribution in [1.29, 1.82) is 5.26 Å². The second-order valence-corrected chi connectivity index (χ2v) is 7.89. The fraction of sp³-hybridized carbons (Fsp3) is 0.269. The minimum atomic E-state index is -0.983. The zero-order valence-electron chi connectivity index (χ0n) is 16.9. The summed E-state index contributed by atoms with van der Waals surface area (Å²) in [6.45, 7) is 2.20. The van der Waals surface area contributed by atoms with Crippen molar-refractivity contribution in [2.24, 2.45) is 0 Å². The van der Waals surface area contributed by atoms with Crippen LogP contribution in [0.4, 0.5) is 13.2 Å². The van der Waals surface area contributed by atoms with Gasteiger partial charge in [-0.25, -0.2) is 13.2 Å². The predicted molar refractivity (Wildman–Crippen MR) is 113 cm³/mol. The van der Waals surface area contributed by atoms with Crippen LogP contribution >= 0.6 is 0 Å². The Morgan fingerprint density at radius 2 is 1.53 bits per heavy atom. The molecule has 1 nitrogen and oxygen atoms in total. The van der Waals surface area contributed by atoms with E-state index in [0.717, 1.165) is 47.2 Å². The van der Waals surface area contributed by atoms with Crippen molar-refractivity contribution in [2.45, 2.75) is 45.4 Å². The van der Waals surface area contributed by atoms with E-state index in [4.69, 9.17) is 5.26 Å². The summed E-state index contributed by atoms with van der Waals surface area (Å²) >= 11 is 0. The summed E-state index contributed by atoms with van der Waals surface area (Å²) < 4.78 is 42.9. The van der Waals surface area contributed by atoms with Gasteiger partial charge in [0.2, 0.25) is 0 Å². The van der Waals surface area contributed by atoms with Gasteiger partial charge in [0.05, 0.1) is 0 Å². The van der Waals surface area contributed by atoms with E-state index in [9.17, 15) is 13.2 Å². The van der Waals surface area contributed by atoms with Crippen molar-refractivity contribution in [3.8, 4) is 28.3 Å². The van der Waals surface area contributed by atoms with Crippen LogP contribution in [0.5, 0.6) is 0 Å². The van der Waals surface area contributed by atoms with Crippen LogP contribution in [0, 0.1) is 28.8 Å². The van der Waals surface area contributed by atoms with Gasteiger partial charge in [-0.1, -0.05) is 44.4 Å². The lowest BCUT2D eigenvalue weighted by molar-refractivity contribution is 0.577. The molecule has 0 saturated heterocycles. The number of hydrogen-bond acceptors (Lipinski definition) is 1. The SMILES string of the molecule is CCCCCCc1ccc2c(c1)Cc1cc(-c3cc(F)c(C#N)c(F)c3)c(F)cc1-2. The molecule has 0 radical (unpaired) electrons. The van der Waals surface area contributed by atoms with E-state index < -0.39 is 23.0 Å². The number of nitriles is 1. The number of halogens is 3. The Bertz CT molecular complexity index is 1130. The molecule has 1 aliphatic rings. The molecule has 152 valence electrons. The smallest absolute Gasteiger partial charge is 0.144 e. The van der Waals surface area contributed by atoms with E-state index in [2.05, 4.69) is 25.1 Å². The van der Waals surface area contributed by atoms with Crippen LogP contribution in [0.1, 0.15) is 54.9 Å². The Balaban J connectivity index is 1.64. The molecule has 0 saturated carbocycles. The van der Waals surface area contributed by atoms with Gasteiger partial charge in [0.1, 0.15) is 29.1 Å². The van der Waals surface area contributed by atoms with E-state index in [1.54, 1.807) is 6.07 Å². The predicted octanol–water partition coefficient (Wildman–Crippen LogP) is 7.34. The zero-order valence-corrected chi connectivity index (χ0v) is 16.9. The summed E-state index contributed by atoms with van der Waals surface area (Å²) in [5.41, 5.74) is 4.82. The monoisotopic (exact) mass is 405 g/mol. The molecule has 0 aliphatic heterocycles. The normalized spacial score (nSPS) is 11.8. The third kappa shape index (κ3) is 3.73. The molecule has 3 aromatic carbocycles. The minimum absolute atomic E-state index is 0.0943. The first-order valence-corrected chi connectivity index (χ1v) is 10.4. The van der Waals surface area contributed by atoms with Crippen LogP contribution in [0.15, 0.2) is 42.5 Å². The van der Waals surface area contributed by atoms with Gasteiger partial charge >= 0.3 is 0 Å². The summed E-state index contributed by atoms with van der Waals surface area (Å²) in [5, 5.41) is 8.84. The van der Waals surface area contributed by atoms with Gasteiger partial charge in [-0.3, -0.25) is 0 Å². The Kier molecular flexibility index (Phi) is 5.63. The molecule has 0 amide bonds. The average Bonchev–Trinajstić information content (AvgIpc) is 3.07. The zero-order chi connectivity index (χ0) is 21.3. The molecule has 0 unspecified atom stereocenters. The van der Waals surface area contributed by atoms with Gasteiger partial charge in [-0.2, -0.15) is 5.26 Å². The van der Waals surface area contributed by atoms with Crippen LogP contribution in [-0.2, 0) is 12.8 Å². The molecule has 4 rings (SSSR count). The molecule has 0 aromatic heterocycles. The van der Waals surface area contributed by atoms with E-state index >= 15 is 0 Å². The fourth-order valence-electron chi connectivity index (χ4n) is 4.24. The van der Waals surface area contributed by atoms with Crippen molar-refractivity contribution in [1.82, 2.24) is 0 Å². The lowest BCUT2D eigenvalue weighted by Gasteiger charge is -2.09. The number of hydrogen-bond donors (Lipinski definition) is 0. The Morgan fingerprint density at radius 1 is 0.800 bits per heavy atom. The molecule has 0 spiro atoms. The molecular formula is C26H22F3N. The highest BCUT2D eigenvalue weighted by atomic mass is 19.1. The number of fused-ring (bicyclic) bond motifs is 3. The maximum atomic E-state index is 14.9. The van der Waals surface area contributed by atoms with Crippen LogP contribution in [0.3, 0.4) is 0 Å². The summed E-state index contributed by atoms with van der Waals surface area (Å²) in [5.74, 6) is -2.50. The van der Waals surface area contributed by atoms with Crippen molar-refractivity contribution < 1.29 is 13.2 Å². The third-order valence-electron chi connectivity index (χ3n) is 5.82. The lowest BCUT2D eigenvalue weighted by Crippen LogP contribution is -1.95. The van der Waals surface area contributed by atoms with E-state index in [-0.39, 0.29) is 11.1 Å². The lowest BCUT2D eigenvalue weighted by atomic mass is 9.97. The number of nitrogens with zero attached hydrogens (tertiary/aromatic N) is 1. The second-order valence-electron chi connectivity index (χ2n) is 7.89. The minimum Gasteiger partial charge on any atom is -0.206 e. The number of rotatable bonds is 6. The number of aryl methyl sites for hydroxylation is 1. The van der Waals surface area contributed by atoms with Crippen molar-refractivity contribution in [3.63, 3.8) is 0 Å². The van der Waals surface area contributed by atoms with E-state index in [0.29, 0.717) is 6.42 Å². The topological polar surface area (TPSA) is 23.8 Å². The first kappa shape index (κ1) is 20.2. The highest BCUT2D eigenvalue weighted by Gasteiger charge is 2.22. The fourth-order valence-corrected chi connectivity index (χ4v) is 4.24. The largest absolute Gasteiger partial charge is 0.206 e. The highest BCUT2D eigenvalue weighted by molar-refractivity contribution is 5.81. The highest BCUT2D eigenvalue weighted by Crippen LogP contribution is 2.40. The first-order chi connectivity index (χ1) is 14.5.